The summed E-state index contributed by atoms with van der Waals surface area (Å²) in [6, 6.07) is 27.8. The molecule has 0 aliphatic carbocycles. The number of aromatic hydroxyl groups is 1. The lowest BCUT2D eigenvalue weighted by Crippen LogP contribution is -2.05. The third kappa shape index (κ3) is 4.07. The van der Waals surface area contributed by atoms with Gasteiger partial charge in [-0.15, -0.1) is 0 Å². The molecule has 3 aromatic rings. The van der Waals surface area contributed by atoms with Crippen LogP contribution in [-0.2, 0) is 6.42 Å². The van der Waals surface area contributed by atoms with Gasteiger partial charge in [-0.3, -0.25) is 4.99 Å². The van der Waals surface area contributed by atoms with Crippen LogP contribution in [-0.4, -0.2) is 17.4 Å². The molecule has 23 heavy (non-hydrogen) atoms. The largest absolute Gasteiger partial charge is 0.508 e. The summed E-state index contributed by atoms with van der Waals surface area (Å²) in [6.45, 7) is 0.683. The smallest absolute Gasteiger partial charge is 0.115 e. The maximum Gasteiger partial charge on any atom is 0.115 e. The summed E-state index contributed by atoms with van der Waals surface area (Å²) in [5.74, 6) is 0.304. The van der Waals surface area contributed by atoms with E-state index in [9.17, 15) is 5.11 Å². The SMILES string of the molecule is Oc1cccc(CCN=C(c2ccccc2)c2ccccc2)c1. The molecular weight excluding hydrogens is 282 g/mol. The molecule has 3 aromatic carbocycles. The Morgan fingerprint density at radius 2 is 1.35 bits per heavy atom. The second-order valence-electron chi connectivity index (χ2n) is 5.38. The van der Waals surface area contributed by atoms with E-state index in [2.05, 4.69) is 24.3 Å². The first-order chi connectivity index (χ1) is 11.3. The van der Waals surface area contributed by atoms with E-state index < -0.39 is 0 Å². The fraction of sp³-hybridized carbons (Fsp3) is 0.0952. The van der Waals surface area contributed by atoms with Crippen molar-refractivity contribution in [3.63, 3.8) is 0 Å². The molecule has 0 saturated heterocycles. The van der Waals surface area contributed by atoms with Crippen molar-refractivity contribution < 1.29 is 5.11 Å². The fourth-order valence-corrected chi connectivity index (χ4v) is 2.55. The summed E-state index contributed by atoms with van der Waals surface area (Å²) < 4.78 is 0. The van der Waals surface area contributed by atoms with Crippen LogP contribution >= 0.6 is 0 Å². The highest BCUT2D eigenvalue weighted by Crippen LogP contribution is 2.13. The molecular formula is C21H19NO. The van der Waals surface area contributed by atoms with Gasteiger partial charge >= 0.3 is 0 Å². The van der Waals surface area contributed by atoms with Gasteiger partial charge in [0.05, 0.1) is 5.71 Å². The van der Waals surface area contributed by atoms with Crippen molar-refractivity contribution in [3.8, 4) is 5.75 Å². The van der Waals surface area contributed by atoms with Crippen LogP contribution in [0.4, 0.5) is 0 Å². The predicted molar refractivity (Wildman–Crippen MR) is 95.2 cm³/mol. The first kappa shape index (κ1) is 15.0. The number of nitrogens with zero attached hydrogens (tertiary/aromatic N) is 1. The Balaban J connectivity index is 1.84. The molecule has 0 heterocycles. The second-order valence-corrected chi connectivity index (χ2v) is 5.38. The van der Waals surface area contributed by atoms with Gasteiger partial charge in [-0.25, -0.2) is 0 Å². The standard InChI is InChI=1S/C21H19NO/c23-20-13-7-8-17(16-20)14-15-22-21(18-9-3-1-4-10-18)19-11-5-2-6-12-19/h1-13,16,23H,14-15H2. The molecule has 0 aliphatic rings. The monoisotopic (exact) mass is 301 g/mol. The van der Waals surface area contributed by atoms with Gasteiger partial charge in [0, 0.05) is 17.7 Å². The van der Waals surface area contributed by atoms with Crippen molar-refractivity contribution in [1.82, 2.24) is 0 Å². The van der Waals surface area contributed by atoms with Gasteiger partial charge in [0.1, 0.15) is 5.75 Å². The lowest BCUT2D eigenvalue weighted by Gasteiger charge is -2.08. The Bertz CT molecular complexity index is 738. The number of phenols is 1. The van der Waals surface area contributed by atoms with Gasteiger partial charge < -0.3 is 5.11 Å². The lowest BCUT2D eigenvalue weighted by atomic mass is 10.0. The van der Waals surface area contributed by atoms with E-state index in [1.807, 2.05) is 48.5 Å². The molecule has 2 nitrogen and oxygen atoms in total. The number of hydrogen-bond acceptors (Lipinski definition) is 2. The van der Waals surface area contributed by atoms with Crippen molar-refractivity contribution in [3.05, 3.63) is 102 Å². The highest BCUT2D eigenvalue weighted by Gasteiger charge is 2.05. The van der Waals surface area contributed by atoms with Crippen molar-refractivity contribution in [2.24, 2.45) is 4.99 Å². The maximum absolute atomic E-state index is 9.54. The van der Waals surface area contributed by atoms with Crippen LogP contribution in [0.15, 0.2) is 89.9 Å². The lowest BCUT2D eigenvalue weighted by molar-refractivity contribution is 0.474. The Morgan fingerprint density at radius 1 is 0.739 bits per heavy atom. The molecule has 3 rings (SSSR count). The molecule has 114 valence electrons. The highest BCUT2D eigenvalue weighted by atomic mass is 16.3. The van der Waals surface area contributed by atoms with Crippen LogP contribution in [0, 0.1) is 0 Å². The van der Waals surface area contributed by atoms with E-state index >= 15 is 0 Å². The molecule has 0 atom stereocenters. The van der Waals surface area contributed by atoms with Crippen molar-refractivity contribution in [2.45, 2.75) is 6.42 Å². The third-order valence-corrected chi connectivity index (χ3v) is 3.68. The molecule has 0 amide bonds. The zero-order valence-corrected chi connectivity index (χ0v) is 12.9. The predicted octanol–water partition coefficient (Wildman–Crippen LogP) is 4.47. The fourth-order valence-electron chi connectivity index (χ4n) is 2.55. The summed E-state index contributed by atoms with van der Waals surface area (Å²) in [5.41, 5.74) is 4.34. The van der Waals surface area contributed by atoms with Crippen LogP contribution in [0.5, 0.6) is 5.75 Å². The third-order valence-electron chi connectivity index (χ3n) is 3.68. The van der Waals surface area contributed by atoms with Gasteiger partial charge in [0.15, 0.2) is 0 Å². The zero-order chi connectivity index (χ0) is 15.9. The first-order valence-corrected chi connectivity index (χ1v) is 7.76. The van der Waals surface area contributed by atoms with Gasteiger partial charge in [0.25, 0.3) is 0 Å². The number of benzene rings is 3. The van der Waals surface area contributed by atoms with Gasteiger partial charge in [0.2, 0.25) is 0 Å². The van der Waals surface area contributed by atoms with E-state index in [4.69, 9.17) is 4.99 Å². The summed E-state index contributed by atoms with van der Waals surface area (Å²) >= 11 is 0. The molecule has 0 saturated carbocycles. The molecule has 2 heteroatoms. The Morgan fingerprint density at radius 3 is 1.91 bits per heavy atom. The summed E-state index contributed by atoms with van der Waals surface area (Å²) in [7, 11) is 0. The summed E-state index contributed by atoms with van der Waals surface area (Å²) in [6.07, 6.45) is 0.803. The van der Waals surface area contributed by atoms with E-state index in [-0.39, 0.29) is 0 Å². The van der Waals surface area contributed by atoms with E-state index in [1.165, 1.54) is 0 Å². The maximum atomic E-state index is 9.54. The molecule has 0 aliphatic heterocycles. The molecule has 0 unspecified atom stereocenters. The molecule has 0 spiro atoms. The van der Waals surface area contributed by atoms with Gasteiger partial charge in [-0.05, 0) is 24.1 Å². The minimum Gasteiger partial charge on any atom is -0.508 e. The van der Waals surface area contributed by atoms with Crippen LogP contribution in [0.2, 0.25) is 0 Å². The van der Waals surface area contributed by atoms with E-state index in [0.29, 0.717) is 12.3 Å². The molecule has 0 bridgehead atoms. The quantitative estimate of drug-likeness (QED) is 0.693. The van der Waals surface area contributed by atoms with Crippen LogP contribution in [0.25, 0.3) is 0 Å². The summed E-state index contributed by atoms with van der Waals surface area (Å²) in [4.78, 5) is 4.82. The summed E-state index contributed by atoms with van der Waals surface area (Å²) in [5, 5.41) is 9.54. The molecule has 0 aromatic heterocycles. The number of hydrogen-bond donors (Lipinski definition) is 1. The number of aliphatic imine (C=N–C) groups is 1. The number of rotatable bonds is 5. The minimum atomic E-state index is 0.304. The minimum absolute atomic E-state index is 0.304. The molecule has 0 radical (unpaired) electrons. The van der Waals surface area contributed by atoms with Crippen molar-refractivity contribution in [2.75, 3.05) is 6.54 Å². The van der Waals surface area contributed by atoms with Crippen LogP contribution in [0.3, 0.4) is 0 Å². The van der Waals surface area contributed by atoms with Crippen LogP contribution < -0.4 is 0 Å². The Hall–Kier alpha value is -2.87. The van der Waals surface area contributed by atoms with Crippen molar-refractivity contribution >= 4 is 5.71 Å². The number of phenolic OH excluding ortho intramolecular Hbond substituents is 1. The van der Waals surface area contributed by atoms with Crippen molar-refractivity contribution in [1.29, 1.82) is 0 Å². The highest BCUT2D eigenvalue weighted by molar-refractivity contribution is 6.12. The molecule has 0 fully saturated rings. The van der Waals surface area contributed by atoms with Gasteiger partial charge in [-0.1, -0.05) is 72.8 Å². The average Bonchev–Trinajstić information content (AvgIpc) is 2.60. The average molecular weight is 301 g/mol. The first-order valence-electron chi connectivity index (χ1n) is 7.76. The van der Waals surface area contributed by atoms with Crippen LogP contribution in [0.1, 0.15) is 16.7 Å². The second kappa shape index (κ2) is 7.41. The van der Waals surface area contributed by atoms with E-state index in [0.717, 1.165) is 28.8 Å². The van der Waals surface area contributed by atoms with Gasteiger partial charge in [-0.2, -0.15) is 0 Å². The topological polar surface area (TPSA) is 32.6 Å². The Labute approximate surface area is 136 Å². The Kier molecular flexibility index (Phi) is 4.85. The zero-order valence-electron chi connectivity index (χ0n) is 12.9. The van der Waals surface area contributed by atoms with E-state index in [1.54, 1.807) is 12.1 Å². The molecule has 1 N–H and O–H groups in total. The normalized spacial score (nSPS) is 10.3.